The molecule has 0 radical (unpaired) electrons. The van der Waals surface area contributed by atoms with Gasteiger partial charge in [-0.15, -0.1) is 0 Å². The summed E-state index contributed by atoms with van der Waals surface area (Å²) in [6.45, 7) is 7.72. The Hall–Kier alpha value is -1.66. The van der Waals surface area contributed by atoms with Gasteiger partial charge in [0, 0.05) is 49.0 Å². The van der Waals surface area contributed by atoms with Gasteiger partial charge in [-0.1, -0.05) is 26.8 Å². The van der Waals surface area contributed by atoms with Crippen LogP contribution in [0.15, 0.2) is 23.3 Å². The number of carbonyl (C=O) groups is 2. The van der Waals surface area contributed by atoms with Gasteiger partial charge in [-0.05, 0) is 106 Å². The Labute approximate surface area is 284 Å². The monoisotopic (exact) mass is 671 g/mol. The molecule has 1 heterocycles. The number of ether oxygens (including phenoxy) is 2. The largest absolute Gasteiger partial charge is 0.450 e. The van der Waals surface area contributed by atoms with Crippen molar-refractivity contribution < 1.29 is 44.6 Å². The van der Waals surface area contributed by atoms with Gasteiger partial charge in [0.05, 0.1) is 29.3 Å². The summed E-state index contributed by atoms with van der Waals surface area (Å²) < 4.78 is 11.1. The number of allylic oxidation sites excluding steroid dienone is 1. The van der Waals surface area contributed by atoms with Crippen LogP contribution >= 0.6 is 0 Å². The Balaban J connectivity index is 1.35. The third-order valence-corrected chi connectivity index (χ3v) is 15.6. The van der Waals surface area contributed by atoms with Crippen molar-refractivity contribution >= 4 is 12.3 Å². The highest BCUT2D eigenvalue weighted by Crippen LogP contribution is 2.79. The number of hydrogen-bond acceptors (Lipinski definition) is 10. The maximum atomic E-state index is 13.7. The third-order valence-electron chi connectivity index (χ3n) is 15.6. The van der Waals surface area contributed by atoms with Crippen LogP contribution in [0.25, 0.3) is 0 Å². The first-order valence-electron chi connectivity index (χ1n) is 18.5. The van der Waals surface area contributed by atoms with Crippen molar-refractivity contribution in [2.24, 2.45) is 51.8 Å². The van der Waals surface area contributed by atoms with Gasteiger partial charge < -0.3 is 45.1 Å². The Bertz CT molecular complexity index is 1380. The summed E-state index contributed by atoms with van der Waals surface area (Å²) in [5.41, 5.74) is -6.98. The lowest BCUT2D eigenvalue weighted by Gasteiger charge is -2.72. The van der Waals surface area contributed by atoms with Gasteiger partial charge in [-0.3, -0.25) is 0 Å². The number of rotatable bonds is 9. The smallest absolute Gasteiger partial charge is 0.331 e. The van der Waals surface area contributed by atoms with Crippen LogP contribution in [0.5, 0.6) is 0 Å². The van der Waals surface area contributed by atoms with Crippen LogP contribution in [0.4, 0.5) is 0 Å². The van der Waals surface area contributed by atoms with E-state index in [1.807, 2.05) is 6.92 Å². The van der Waals surface area contributed by atoms with Crippen LogP contribution in [0.1, 0.15) is 85.0 Å². The van der Waals surface area contributed by atoms with Crippen molar-refractivity contribution in [2.75, 3.05) is 33.4 Å². The number of hydrogen-bond donors (Lipinski definition) is 6. The summed E-state index contributed by atoms with van der Waals surface area (Å²) in [4.78, 5) is 26.6. The quantitative estimate of drug-likeness (QED) is 0.0928. The molecule has 7 aliphatic rings. The zero-order valence-electron chi connectivity index (χ0n) is 29.1. The molecular formula is C38H57NO9. The first kappa shape index (κ1) is 34.8. The summed E-state index contributed by atoms with van der Waals surface area (Å²) in [5.74, 6) is -2.07. The van der Waals surface area contributed by atoms with Gasteiger partial charge in [0.15, 0.2) is 0 Å². The number of aliphatic hydroxyl groups is 5. The van der Waals surface area contributed by atoms with E-state index in [4.69, 9.17) is 9.47 Å². The molecule has 6 N–H and O–H groups in total. The van der Waals surface area contributed by atoms with Gasteiger partial charge in [0.1, 0.15) is 18.0 Å². The minimum Gasteiger partial charge on any atom is -0.450 e. The molecule has 6 aliphatic carbocycles. The van der Waals surface area contributed by atoms with Gasteiger partial charge in [0.25, 0.3) is 0 Å². The molecule has 0 spiro atoms. The highest BCUT2D eigenvalue weighted by atomic mass is 16.5. The summed E-state index contributed by atoms with van der Waals surface area (Å²) in [6, 6.07) is 0. The Morgan fingerprint density at radius 2 is 1.90 bits per heavy atom. The molecule has 48 heavy (non-hydrogen) atoms. The molecular weight excluding hydrogens is 614 g/mol. The predicted molar refractivity (Wildman–Crippen MR) is 176 cm³/mol. The second kappa shape index (κ2) is 11.7. The minimum absolute atomic E-state index is 0.103. The Kier molecular flexibility index (Phi) is 8.47. The summed E-state index contributed by atoms with van der Waals surface area (Å²) in [6.07, 6.45) is 7.46. The summed E-state index contributed by atoms with van der Waals surface area (Å²) in [5, 5.41) is 66.2. The highest BCUT2D eigenvalue weighted by molar-refractivity contribution is 5.87. The third kappa shape index (κ3) is 4.11. The summed E-state index contributed by atoms with van der Waals surface area (Å²) >= 11 is 0. The average Bonchev–Trinajstić information content (AvgIpc) is 3.47. The number of aliphatic hydroxyl groups excluding tert-OH is 2. The Morgan fingerprint density at radius 3 is 2.58 bits per heavy atom. The van der Waals surface area contributed by atoms with E-state index in [0.29, 0.717) is 63.3 Å². The minimum atomic E-state index is -1.76. The molecule has 0 bridgehead atoms. The molecule has 0 amide bonds. The number of nitrogens with one attached hydrogen (secondary N) is 1. The molecule has 10 heteroatoms. The molecule has 0 aromatic carbocycles. The average molecular weight is 672 g/mol. The van der Waals surface area contributed by atoms with Crippen LogP contribution in [0, 0.1) is 51.8 Å². The first-order chi connectivity index (χ1) is 22.7. The first-order valence-corrected chi connectivity index (χ1v) is 18.5. The molecule has 7 rings (SSSR count). The van der Waals surface area contributed by atoms with Gasteiger partial charge in [-0.2, -0.15) is 0 Å². The summed E-state index contributed by atoms with van der Waals surface area (Å²) in [7, 11) is 1.66. The molecule has 5 saturated carbocycles. The number of aldehydes is 1. The maximum Gasteiger partial charge on any atom is 0.331 e. The highest BCUT2D eigenvalue weighted by Gasteiger charge is 2.84. The topological polar surface area (TPSA) is 166 Å². The van der Waals surface area contributed by atoms with Crippen molar-refractivity contribution in [1.82, 2.24) is 5.32 Å². The van der Waals surface area contributed by atoms with Crippen LogP contribution in [0.3, 0.4) is 0 Å². The fourth-order valence-corrected chi connectivity index (χ4v) is 13.3. The lowest BCUT2D eigenvalue weighted by Crippen LogP contribution is -2.81. The molecule has 268 valence electrons. The second-order valence-electron chi connectivity index (χ2n) is 17.2. The van der Waals surface area contributed by atoms with Crippen molar-refractivity contribution in [3.63, 3.8) is 0 Å². The van der Waals surface area contributed by atoms with E-state index >= 15 is 0 Å². The van der Waals surface area contributed by atoms with Crippen molar-refractivity contribution in [2.45, 2.75) is 114 Å². The SMILES string of the molecule is COCCCNCC1=CC2CC3(O)C4(O)CC5CC(C(C)C)CCC6C(O)CCC(C=O)(C4CCC3(C)C2(CO)C2=CC(=O)OC12)C56O. The molecule has 0 aromatic rings. The number of esters is 1. The molecule has 10 nitrogen and oxygen atoms in total. The van der Waals surface area contributed by atoms with Crippen LogP contribution in [-0.2, 0) is 19.1 Å². The van der Waals surface area contributed by atoms with E-state index < -0.39 is 74.9 Å². The Morgan fingerprint density at radius 1 is 1.12 bits per heavy atom. The van der Waals surface area contributed by atoms with Gasteiger partial charge in [0.2, 0.25) is 0 Å². The van der Waals surface area contributed by atoms with Crippen molar-refractivity contribution in [3.05, 3.63) is 23.3 Å². The lowest BCUT2D eigenvalue weighted by atomic mass is 9.35. The maximum absolute atomic E-state index is 13.7. The number of methoxy groups -OCH3 is 1. The zero-order chi connectivity index (χ0) is 34.5. The fourth-order valence-electron chi connectivity index (χ4n) is 13.3. The second-order valence-corrected chi connectivity index (χ2v) is 17.2. The molecule has 13 unspecified atom stereocenters. The van der Waals surface area contributed by atoms with Gasteiger partial charge >= 0.3 is 5.97 Å². The molecule has 13 atom stereocenters. The van der Waals surface area contributed by atoms with Crippen molar-refractivity contribution in [1.29, 1.82) is 0 Å². The van der Waals surface area contributed by atoms with E-state index in [2.05, 4.69) is 25.2 Å². The van der Waals surface area contributed by atoms with Gasteiger partial charge in [-0.25, -0.2) is 4.79 Å². The van der Waals surface area contributed by atoms with Crippen LogP contribution in [0.2, 0.25) is 0 Å². The fraction of sp³-hybridized carbons (Fsp3) is 0.842. The lowest BCUT2D eigenvalue weighted by molar-refractivity contribution is -0.345. The molecule has 0 aromatic heterocycles. The van der Waals surface area contributed by atoms with E-state index in [1.54, 1.807) is 7.11 Å². The zero-order valence-corrected chi connectivity index (χ0v) is 29.1. The molecule has 0 saturated heterocycles. The standard InChI is InChI=1S/C38H57NO9/c1-22(2)23-6-7-27-29(42)8-11-34(20-40)30-9-10-33(3)35(21-41)25(18-37(33,45)36(30,44)17-26(14-23)38(27,34)46)15-24(19-39-12-5-13-47-4)32-28(35)16-31(43)48-32/h15-16,20,22-23,25-27,29-30,32,39,41-42,44-46H,5-14,17-19,21H2,1-4H3. The predicted octanol–water partition coefficient (Wildman–Crippen LogP) is 2.44. The molecule has 5 fully saturated rings. The van der Waals surface area contributed by atoms with Crippen LogP contribution in [-0.4, -0.2) is 100 Å². The number of carbonyl (C=O) groups excluding carboxylic acids is 2. The molecule has 1 aliphatic heterocycles. The van der Waals surface area contributed by atoms with E-state index in [-0.39, 0.29) is 31.8 Å². The normalized spacial score (nSPS) is 50.6. The van der Waals surface area contributed by atoms with Crippen LogP contribution < -0.4 is 5.32 Å². The van der Waals surface area contributed by atoms with E-state index in [0.717, 1.165) is 24.7 Å². The van der Waals surface area contributed by atoms with E-state index in [9.17, 15) is 35.1 Å². The van der Waals surface area contributed by atoms with E-state index in [1.165, 1.54) is 6.08 Å². The van der Waals surface area contributed by atoms with Crippen molar-refractivity contribution in [3.8, 4) is 0 Å². The number of fused-ring (bicyclic) bond motifs is 8.